The SMILES string of the molecule is C/C=C1\O[C@@H]2CC(=O)N2[C@H]1C(=O)O. The molecule has 2 aliphatic rings. The number of amides is 1. The third kappa shape index (κ3) is 0.929. The molecule has 2 fully saturated rings. The number of rotatable bonds is 1. The number of carbonyl (C=O) groups is 2. The Hall–Kier alpha value is -1.52. The molecule has 1 amide bonds. The van der Waals surface area contributed by atoms with Crippen molar-refractivity contribution in [1.82, 2.24) is 4.90 Å². The molecule has 2 aliphatic heterocycles. The molecule has 0 aromatic heterocycles. The summed E-state index contributed by atoms with van der Waals surface area (Å²) in [6.07, 6.45) is 1.53. The van der Waals surface area contributed by atoms with Gasteiger partial charge in [-0.2, -0.15) is 0 Å². The summed E-state index contributed by atoms with van der Waals surface area (Å²) in [5, 5.41) is 8.84. The van der Waals surface area contributed by atoms with E-state index in [1.165, 1.54) is 4.90 Å². The first-order valence-corrected chi connectivity index (χ1v) is 4.02. The van der Waals surface area contributed by atoms with E-state index < -0.39 is 12.0 Å². The molecular formula is C8H9NO4. The number of allylic oxidation sites excluding steroid dienone is 1. The van der Waals surface area contributed by atoms with Crippen LogP contribution in [0.1, 0.15) is 13.3 Å². The zero-order chi connectivity index (χ0) is 9.59. The first kappa shape index (κ1) is 8.10. The van der Waals surface area contributed by atoms with Gasteiger partial charge in [-0.25, -0.2) is 4.79 Å². The number of β-lactam (4-membered cyclic amide) rings is 1. The first-order valence-electron chi connectivity index (χ1n) is 4.02. The largest absolute Gasteiger partial charge is 0.479 e. The van der Waals surface area contributed by atoms with Crippen LogP contribution >= 0.6 is 0 Å². The van der Waals surface area contributed by atoms with Crippen LogP contribution in [-0.4, -0.2) is 34.2 Å². The van der Waals surface area contributed by atoms with Crippen LogP contribution in [0.5, 0.6) is 0 Å². The van der Waals surface area contributed by atoms with Crippen molar-refractivity contribution in [3.63, 3.8) is 0 Å². The smallest absolute Gasteiger partial charge is 0.334 e. The van der Waals surface area contributed by atoms with Gasteiger partial charge in [0.15, 0.2) is 12.3 Å². The fourth-order valence-electron chi connectivity index (χ4n) is 1.64. The molecule has 0 aromatic carbocycles. The number of hydrogen-bond donors (Lipinski definition) is 1. The van der Waals surface area contributed by atoms with Crippen LogP contribution in [-0.2, 0) is 14.3 Å². The zero-order valence-electron chi connectivity index (χ0n) is 7.06. The number of carboxylic acids is 1. The minimum atomic E-state index is -1.04. The van der Waals surface area contributed by atoms with Crippen molar-refractivity contribution in [3.05, 3.63) is 11.8 Å². The fourth-order valence-corrected chi connectivity index (χ4v) is 1.64. The van der Waals surface area contributed by atoms with E-state index in [1.54, 1.807) is 13.0 Å². The molecule has 70 valence electrons. The van der Waals surface area contributed by atoms with Gasteiger partial charge in [0.05, 0.1) is 6.42 Å². The van der Waals surface area contributed by atoms with Gasteiger partial charge in [0.2, 0.25) is 5.91 Å². The standard InChI is InChI=1S/C8H9NO4/c1-2-4-7(8(11)12)9-5(10)3-6(9)13-4/h2,6-7H,3H2,1H3,(H,11,12)/b4-2-/t6-,7-/m1/s1. The Bertz CT molecular complexity index is 309. The van der Waals surface area contributed by atoms with E-state index in [0.717, 1.165) is 0 Å². The number of fused-ring (bicyclic) bond motifs is 1. The van der Waals surface area contributed by atoms with Crippen molar-refractivity contribution in [1.29, 1.82) is 0 Å². The molecule has 1 N–H and O–H groups in total. The highest BCUT2D eigenvalue weighted by molar-refractivity contribution is 5.91. The lowest BCUT2D eigenvalue weighted by molar-refractivity contribution is -0.163. The van der Waals surface area contributed by atoms with Gasteiger partial charge in [-0.15, -0.1) is 0 Å². The van der Waals surface area contributed by atoms with E-state index in [9.17, 15) is 9.59 Å². The van der Waals surface area contributed by atoms with E-state index >= 15 is 0 Å². The summed E-state index contributed by atoms with van der Waals surface area (Å²) < 4.78 is 5.24. The topological polar surface area (TPSA) is 66.8 Å². The van der Waals surface area contributed by atoms with E-state index in [2.05, 4.69) is 0 Å². The van der Waals surface area contributed by atoms with Crippen molar-refractivity contribution < 1.29 is 19.4 Å². The summed E-state index contributed by atoms with van der Waals surface area (Å²) in [4.78, 5) is 23.1. The lowest BCUT2D eigenvalue weighted by Crippen LogP contribution is -2.54. The molecule has 5 nitrogen and oxygen atoms in total. The molecule has 0 saturated carbocycles. The molecule has 0 aromatic rings. The number of ether oxygens (including phenoxy) is 1. The van der Waals surface area contributed by atoms with Crippen molar-refractivity contribution in [2.45, 2.75) is 25.6 Å². The summed E-state index contributed by atoms with van der Waals surface area (Å²) in [7, 11) is 0. The average Bonchev–Trinajstić information content (AvgIpc) is 2.37. The molecule has 0 aliphatic carbocycles. The highest BCUT2D eigenvalue weighted by Crippen LogP contribution is 2.36. The summed E-state index contributed by atoms with van der Waals surface area (Å²) >= 11 is 0. The summed E-state index contributed by atoms with van der Waals surface area (Å²) in [5.41, 5.74) is 0. The van der Waals surface area contributed by atoms with E-state index in [-0.39, 0.29) is 12.1 Å². The van der Waals surface area contributed by atoms with Crippen molar-refractivity contribution in [2.75, 3.05) is 0 Å². The lowest BCUT2D eigenvalue weighted by Gasteiger charge is -2.33. The van der Waals surface area contributed by atoms with E-state index in [1.807, 2.05) is 0 Å². The fraction of sp³-hybridized carbons (Fsp3) is 0.500. The van der Waals surface area contributed by atoms with Crippen molar-refractivity contribution in [3.8, 4) is 0 Å². The molecule has 13 heavy (non-hydrogen) atoms. The predicted molar refractivity (Wildman–Crippen MR) is 41.5 cm³/mol. The Kier molecular flexibility index (Phi) is 1.55. The van der Waals surface area contributed by atoms with Gasteiger partial charge in [-0.05, 0) is 13.0 Å². The van der Waals surface area contributed by atoms with Gasteiger partial charge in [0.25, 0.3) is 0 Å². The molecule has 0 bridgehead atoms. The van der Waals surface area contributed by atoms with Gasteiger partial charge < -0.3 is 9.84 Å². The van der Waals surface area contributed by atoms with Crippen LogP contribution in [0.4, 0.5) is 0 Å². The summed E-state index contributed by atoms with van der Waals surface area (Å²) in [6, 6.07) is -0.906. The van der Waals surface area contributed by atoms with Gasteiger partial charge >= 0.3 is 5.97 Å². The number of aliphatic carboxylic acids is 1. The Morgan fingerprint density at radius 3 is 2.92 bits per heavy atom. The van der Waals surface area contributed by atoms with Crippen LogP contribution in [0.15, 0.2) is 11.8 Å². The minimum Gasteiger partial charge on any atom is -0.479 e. The third-order valence-electron chi connectivity index (χ3n) is 2.29. The summed E-state index contributed by atoms with van der Waals surface area (Å²) in [5.74, 6) is -0.832. The molecular weight excluding hydrogens is 174 g/mol. The molecule has 2 saturated heterocycles. The Morgan fingerprint density at radius 1 is 1.77 bits per heavy atom. The normalized spacial score (nSPS) is 34.1. The van der Waals surface area contributed by atoms with Gasteiger partial charge in [-0.3, -0.25) is 9.69 Å². The highest BCUT2D eigenvalue weighted by atomic mass is 16.5. The number of carbonyl (C=O) groups excluding carboxylic acids is 1. The maximum absolute atomic E-state index is 11.0. The molecule has 0 spiro atoms. The van der Waals surface area contributed by atoms with Crippen LogP contribution in [0.3, 0.4) is 0 Å². The lowest BCUT2D eigenvalue weighted by atomic mass is 10.1. The van der Waals surface area contributed by atoms with Crippen molar-refractivity contribution in [2.24, 2.45) is 0 Å². The van der Waals surface area contributed by atoms with E-state index in [0.29, 0.717) is 12.2 Å². The second kappa shape index (κ2) is 2.48. The Morgan fingerprint density at radius 2 is 2.46 bits per heavy atom. The Labute approximate surface area is 74.6 Å². The van der Waals surface area contributed by atoms with E-state index in [4.69, 9.17) is 9.84 Å². The monoisotopic (exact) mass is 183 g/mol. The van der Waals surface area contributed by atoms with Gasteiger partial charge in [-0.1, -0.05) is 0 Å². The average molecular weight is 183 g/mol. The highest BCUT2D eigenvalue weighted by Gasteiger charge is 2.53. The second-order valence-electron chi connectivity index (χ2n) is 3.01. The second-order valence-corrected chi connectivity index (χ2v) is 3.01. The van der Waals surface area contributed by atoms with Gasteiger partial charge in [0, 0.05) is 0 Å². The number of nitrogens with zero attached hydrogens (tertiary/aromatic N) is 1. The van der Waals surface area contributed by atoms with Crippen LogP contribution in [0.2, 0.25) is 0 Å². The molecule has 2 rings (SSSR count). The molecule has 2 atom stereocenters. The number of hydrogen-bond acceptors (Lipinski definition) is 3. The number of carboxylic acid groups (broad SMARTS) is 1. The third-order valence-corrected chi connectivity index (χ3v) is 2.29. The predicted octanol–water partition coefficient (Wildman–Crippen LogP) is -0.0680. The summed E-state index contributed by atoms with van der Waals surface area (Å²) in [6.45, 7) is 1.70. The molecule has 2 heterocycles. The Balaban J connectivity index is 2.30. The molecule has 0 radical (unpaired) electrons. The first-order chi connectivity index (χ1) is 6.15. The molecule has 0 unspecified atom stereocenters. The van der Waals surface area contributed by atoms with Crippen LogP contribution in [0, 0.1) is 0 Å². The van der Waals surface area contributed by atoms with Crippen molar-refractivity contribution >= 4 is 11.9 Å². The van der Waals surface area contributed by atoms with Crippen LogP contribution in [0.25, 0.3) is 0 Å². The molecule has 5 heteroatoms. The van der Waals surface area contributed by atoms with Crippen LogP contribution < -0.4 is 0 Å². The quantitative estimate of drug-likeness (QED) is 0.578. The maximum Gasteiger partial charge on any atom is 0.334 e. The van der Waals surface area contributed by atoms with Gasteiger partial charge in [0.1, 0.15) is 5.76 Å². The zero-order valence-corrected chi connectivity index (χ0v) is 7.06. The maximum atomic E-state index is 11.0. The minimum absolute atomic E-state index is 0.158.